The number of ether oxygens (including phenoxy) is 2. The summed E-state index contributed by atoms with van der Waals surface area (Å²) in [5.41, 5.74) is 3.12. The van der Waals surface area contributed by atoms with Crippen molar-refractivity contribution in [3.63, 3.8) is 0 Å². The van der Waals surface area contributed by atoms with Gasteiger partial charge in [0.15, 0.2) is 12.1 Å². The Bertz CT molecular complexity index is 652. The highest BCUT2D eigenvalue weighted by molar-refractivity contribution is 6.04. The second kappa shape index (κ2) is 6.33. The standard InChI is InChI=1S/C18H24N2O4/c1-11-15-13(3-2-4-14(15)21)19-16(11)17(22)20-7-5-12(6-8-20)18-23-9-10-24-18/h12,18-19H,2-10H2,1H3. The third-order valence-electron chi connectivity index (χ3n) is 5.51. The van der Waals surface area contributed by atoms with E-state index in [0.717, 1.165) is 42.5 Å². The van der Waals surface area contributed by atoms with Crippen molar-refractivity contribution >= 4 is 11.7 Å². The highest BCUT2D eigenvalue weighted by Crippen LogP contribution is 2.29. The zero-order valence-electron chi connectivity index (χ0n) is 14.1. The van der Waals surface area contributed by atoms with Crippen molar-refractivity contribution in [2.24, 2.45) is 5.92 Å². The Kier molecular flexibility index (Phi) is 4.18. The SMILES string of the molecule is Cc1c(C(=O)N2CCC(C3OCCO3)CC2)[nH]c2c1C(=O)CCC2. The molecule has 6 nitrogen and oxygen atoms in total. The Morgan fingerprint density at radius 1 is 1.17 bits per heavy atom. The number of nitrogens with zero attached hydrogens (tertiary/aromatic N) is 1. The van der Waals surface area contributed by atoms with E-state index in [1.54, 1.807) is 0 Å². The van der Waals surface area contributed by atoms with Crippen molar-refractivity contribution in [3.8, 4) is 0 Å². The van der Waals surface area contributed by atoms with Crippen LogP contribution in [0.25, 0.3) is 0 Å². The van der Waals surface area contributed by atoms with Crippen molar-refractivity contribution < 1.29 is 19.1 Å². The van der Waals surface area contributed by atoms with Crippen LogP contribution in [-0.4, -0.2) is 54.2 Å². The van der Waals surface area contributed by atoms with E-state index < -0.39 is 0 Å². The number of nitrogens with one attached hydrogen (secondary N) is 1. The molecule has 3 aliphatic rings. The van der Waals surface area contributed by atoms with Crippen LogP contribution >= 0.6 is 0 Å². The molecule has 0 unspecified atom stereocenters. The number of likely N-dealkylation sites (tertiary alicyclic amines) is 1. The number of aryl methyl sites for hydroxylation is 1. The first kappa shape index (κ1) is 15.8. The Hall–Kier alpha value is -1.66. The third kappa shape index (κ3) is 2.67. The lowest BCUT2D eigenvalue weighted by atomic mass is 9.93. The minimum Gasteiger partial charge on any atom is -0.354 e. The Labute approximate surface area is 141 Å². The van der Waals surface area contributed by atoms with Crippen LogP contribution in [0, 0.1) is 12.8 Å². The first-order valence-electron chi connectivity index (χ1n) is 8.92. The highest BCUT2D eigenvalue weighted by Gasteiger charge is 2.34. The number of hydrogen-bond acceptors (Lipinski definition) is 4. The molecule has 2 saturated heterocycles. The number of hydrogen-bond donors (Lipinski definition) is 1. The van der Waals surface area contributed by atoms with Gasteiger partial charge in [-0.2, -0.15) is 0 Å². The fourth-order valence-corrected chi connectivity index (χ4v) is 4.17. The monoisotopic (exact) mass is 332 g/mol. The van der Waals surface area contributed by atoms with Gasteiger partial charge in [0.25, 0.3) is 5.91 Å². The number of amides is 1. The lowest BCUT2D eigenvalue weighted by molar-refractivity contribution is -0.0956. The van der Waals surface area contributed by atoms with Gasteiger partial charge in [0.2, 0.25) is 0 Å². The van der Waals surface area contributed by atoms with Gasteiger partial charge in [-0.1, -0.05) is 0 Å². The number of carbonyl (C=O) groups is 2. The summed E-state index contributed by atoms with van der Waals surface area (Å²) in [5, 5.41) is 0. The maximum Gasteiger partial charge on any atom is 0.270 e. The summed E-state index contributed by atoms with van der Waals surface area (Å²) in [6.07, 6.45) is 4.01. The molecule has 0 radical (unpaired) electrons. The highest BCUT2D eigenvalue weighted by atomic mass is 16.7. The first-order valence-corrected chi connectivity index (χ1v) is 8.92. The van der Waals surface area contributed by atoms with E-state index in [2.05, 4.69) is 4.98 Å². The van der Waals surface area contributed by atoms with Crippen LogP contribution in [0.3, 0.4) is 0 Å². The quantitative estimate of drug-likeness (QED) is 0.900. The van der Waals surface area contributed by atoms with E-state index >= 15 is 0 Å². The number of fused-ring (bicyclic) bond motifs is 1. The Morgan fingerprint density at radius 3 is 2.54 bits per heavy atom. The van der Waals surface area contributed by atoms with Crippen molar-refractivity contribution in [1.82, 2.24) is 9.88 Å². The zero-order chi connectivity index (χ0) is 16.7. The van der Waals surface area contributed by atoms with E-state index in [0.29, 0.717) is 44.3 Å². The average Bonchev–Trinajstić information content (AvgIpc) is 3.23. The molecule has 2 aliphatic heterocycles. The second-order valence-corrected chi connectivity index (χ2v) is 6.99. The number of aromatic nitrogens is 1. The lowest BCUT2D eigenvalue weighted by Gasteiger charge is -2.33. The molecule has 6 heteroatoms. The van der Waals surface area contributed by atoms with Gasteiger partial charge in [-0.15, -0.1) is 0 Å². The molecule has 1 aromatic rings. The van der Waals surface area contributed by atoms with Gasteiger partial charge in [-0.3, -0.25) is 9.59 Å². The van der Waals surface area contributed by atoms with Gasteiger partial charge in [0, 0.05) is 36.7 Å². The maximum absolute atomic E-state index is 12.9. The van der Waals surface area contributed by atoms with Crippen LogP contribution in [0.4, 0.5) is 0 Å². The van der Waals surface area contributed by atoms with Gasteiger partial charge in [-0.05, 0) is 38.2 Å². The molecule has 0 bridgehead atoms. The summed E-state index contributed by atoms with van der Waals surface area (Å²) in [6.45, 7) is 4.66. The molecule has 0 saturated carbocycles. The Morgan fingerprint density at radius 2 is 1.88 bits per heavy atom. The summed E-state index contributed by atoms with van der Waals surface area (Å²) in [7, 11) is 0. The molecule has 0 aromatic carbocycles. The minimum atomic E-state index is -0.0978. The fraction of sp³-hybridized carbons (Fsp3) is 0.667. The molecule has 24 heavy (non-hydrogen) atoms. The average molecular weight is 332 g/mol. The molecule has 4 rings (SSSR count). The fourth-order valence-electron chi connectivity index (χ4n) is 4.17. The number of aromatic amines is 1. The van der Waals surface area contributed by atoms with Crippen LogP contribution < -0.4 is 0 Å². The maximum atomic E-state index is 12.9. The largest absolute Gasteiger partial charge is 0.354 e. The third-order valence-corrected chi connectivity index (χ3v) is 5.51. The number of H-pyrrole nitrogens is 1. The van der Waals surface area contributed by atoms with Gasteiger partial charge in [0.05, 0.1) is 13.2 Å². The smallest absolute Gasteiger partial charge is 0.270 e. The van der Waals surface area contributed by atoms with Gasteiger partial charge < -0.3 is 19.4 Å². The van der Waals surface area contributed by atoms with E-state index in [9.17, 15) is 9.59 Å². The van der Waals surface area contributed by atoms with E-state index in [-0.39, 0.29) is 18.0 Å². The number of carbonyl (C=O) groups excluding carboxylic acids is 2. The van der Waals surface area contributed by atoms with E-state index in [1.807, 2.05) is 11.8 Å². The molecule has 0 atom stereocenters. The van der Waals surface area contributed by atoms with Crippen LogP contribution in [0.1, 0.15) is 57.8 Å². The molecule has 130 valence electrons. The molecule has 1 aliphatic carbocycles. The van der Waals surface area contributed by atoms with Gasteiger partial charge in [-0.25, -0.2) is 0 Å². The number of Topliss-reactive ketones (excluding diaryl/α,β-unsaturated/α-hetero) is 1. The van der Waals surface area contributed by atoms with E-state index in [4.69, 9.17) is 9.47 Å². The molecule has 3 heterocycles. The van der Waals surface area contributed by atoms with Crippen LogP contribution in [0.5, 0.6) is 0 Å². The topological polar surface area (TPSA) is 71.6 Å². The summed E-state index contributed by atoms with van der Waals surface area (Å²) in [6, 6.07) is 0. The molecule has 1 amide bonds. The summed E-state index contributed by atoms with van der Waals surface area (Å²) in [4.78, 5) is 30.2. The minimum absolute atomic E-state index is 0.0152. The molecule has 2 fully saturated rings. The second-order valence-electron chi connectivity index (χ2n) is 6.99. The van der Waals surface area contributed by atoms with Crippen LogP contribution in [0.15, 0.2) is 0 Å². The molecular formula is C18H24N2O4. The first-order chi connectivity index (χ1) is 11.6. The normalized spacial score (nSPS) is 22.9. The van der Waals surface area contributed by atoms with Gasteiger partial charge in [0.1, 0.15) is 5.69 Å². The molecular weight excluding hydrogens is 308 g/mol. The number of ketones is 1. The zero-order valence-corrected chi connectivity index (χ0v) is 14.1. The molecule has 0 spiro atoms. The van der Waals surface area contributed by atoms with Crippen molar-refractivity contribution in [1.29, 1.82) is 0 Å². The van der Waals surface area contributed by atoms with Crippen LogP contribution in [0.2, 0.25) is 0 Å². The number of piperidine rings is 1. The summed E-state index contributed by atoms with van der Waals surface area (Å²) >= 11 is 0. The number of rotatable bonds is 2. The molecule has 1 aromatic heterocycles. The van der Waals surface area contributed by atoms with Crippen LogP contribution in [-0.2, 0) is 15.9 Å². The predicted molar refractivity (Wildman–Crippen MR) is 87.1 cm³/mol. The van der Waals surface area contributed by atoms with E-state index in [1.165, 1.54) is 0 Å². The summed E-state index contributed by atoms with van der Waals surface area (Å²) in [5.74, 6) is 0.552. The molecule has 1 N–H and O–H groups in total. The van der Waals surface area contributed by atoms with Gasteiger partial charge >= 0.3 is 0 Å². The Balaban J connectivity index is 1.46. The lowest BCUT2D eigenvalue weighted by Crippen LogP contribution is -2.41. The summed E-state index contributed by atoms with van der Waals surface area (Å²) < 4.78 is 11.2. The predicted octanol–water partition coefficient (Wildman–Crippen LogP) is 2.07. The van der Waals surface area contributed by atoms with Crippen molar-refractivity contribution in [2.75, 3.05) is 26.3 Å². The van der Waals surface area contributed by atoms with Crippen molar-refractivity contribution in [2.45, 2.75) is 45.3 Å². The van der Waals surface area contributed by atoms with Crippen molar-refractivity contribution in [3.05, 3.63) is 22.5 Å².